The van der Waals surface area contributed by atoms with Crippen LogP contribution >= 0.6 is 0 Å². The molecule has 0 aliphatic carbocycles. The predicted octanol–water partition coefficient (Wildman–Crippen LogP) is 3.51. The fourth-order valence-electron chi connectivity index (χ4n) is 3.17. The number of hydrogen-bond donors (Lipinski definition) is 1. The minimum absolute atomic E-state index is 0.0221. The summed E-state index contributed by atoms with van der Waals surface area (Å²) in [6, 6.07) is 23.5. The molecule has 0 saturated carbocycles. The van der Waals surface area contributed by atoms with Gasteiger partial charge in [0, 0.05) is 18.7 Å². The van der Waals surface area contributed by atoms with Crippen molar-refractivity contribution in [3.63, 3.8) is 0 Å². The number of sulfone groups is 1. The van der Waals surface area contributed by atoms with E-state index in [9.17, 15) is 16.8 Å². The summed E-state index contributed by atoms with van der Waals surface area (Å²) in [6.07, 6.45) is 1.06. The van der Waals surface area contributed by atoms with E-state index in [1.54, 1.807) is 6.92 Å². The van der Waals surface area contributed by atoms with Crippen molar-refractivity contribution in [2.75, 3.05) is 12.8 Å². The molecule has 0 radical (unpaired) electrons. The molecular formula is C22H23NO4S2. The highest BCUT2D eigenvalue weighted by atomic mass is 32.2. The van der Waals surface area contributed by atoms with Gasteiger partial charge in [-0.05, 0) is 35.7 Å². The van der Waals surface area contributed by atoms with Crippen molar-refractivity contribution < 1.29 is 16.8 Å². The quantitative estimate of drug-likeness (QED) is 0.623. The van der Waals surface area contributed by atoms with Crippen LogP contribution in [0.1, 0.15) is 22.6 Å². The summed E-state index contributed by atoms with van der Waals surface area (Å²) in [4.78, 5) is -0.0496. The van der Waals surface area contributed by atoms with Crippen molar-refractivity contribution in [1.82, 2.24) is 4.72 Å². The second kappa shape index (κ2) is 8.49. The Morgan fingerprint density at radius 1 is 0.793 bits per heavy atom. The summed E-state index contributed by atoms with van der Waals surface area (Å²) in [5.41, 5.74) is 2.46. The lowest BCUT2D eigenvalue weighted by Gasteiger charge is -2.19. The lowest BCUT2D eigenvalue weighted by molar-refractivity contribution is 0.576. The highest BCUT2D eigenvalue weighted by molar-refractivity contribution is 7.91. The van der Waals surface area contributed by atoms with Gasteiger partial charge in [0.25, 0.3) is 0 Å². The molecule has 3 rings (SSSR count). The molecule has 1 N–H and O–H groups in total. The largest absolute Gasteiger partial charge is 0.240 e. The molecule has 0 aliphatic heterocycles. The Morgan fingerprint density at radius 2 is 1.31 bits per heavy atom. The molecule has 152 valence electrons. The average molecular weight is 430 g/mol. The first-order chi connectivity index (χ1) is 13.7. The summed E-state index contributed by atoms with van der Waals surface area (Å²) in [7, 11) is -7.41. The van der Waals surface area contributed by atoms with E-state index < -0.39 is 19.9 Å². The van der Waals surface area contributed by atoms with Gasteiger partial charge >= 0.3 is 0 Å². The molecule has 7 heteroatoms. The van der Waals surface area contributed by atoms with Crippen LogP contribution in [-0.2, 0) is 19.9 Å². The molecule has 0 aromatic heterocycles. The van der Waals surface area contributed by atoms with Crippen molar-refractivity contribution >= 4 is 19.9 Å². The number of hydrogen-bond acceptors (Lipinski definition) is 4. The van der Waals surface area contributed by atoms with Crippen molar-refractivity contribution in [2.45, 2.75) is 22.6 Å². The van der Waals surface area contributed by atoms with Crippen LogP contribution in [0.25, 0.3) is 0 Å². The summed E-state index contributed by atoms with van der Waals surface area (Å²) in [5, 5.41) is 0. The molecule has 3 aromatic rings. The van der Waals surface area contributed by atoms with E-state index in [0.29, 0.717) is 5.56 Å². The van der Waals surface area contributed by atoms with E-state index in [1.165, 1.54) is 18.2 Å². The van der Waals surface area contributed by atoms with Crippen LogP contribution in [-0.4, -0.2) is 29.6 Å². The molecule has 0 unspecified atom stereocenters. The van der Waals surface area contributed by atoms with Crippen LogP contribution < -0.4 is 4.72 Å². The highest BCUT2D eigenvalue weighted by Gasteiger charge is 2.22. The summed E-state index contributed by atoms with van der Waals surface area (Å²) >= 11 is 0. The van der Waals surface area contributed by atoms with Gasteiger partial charge in [-0.25, -0.2) is 21.6 Å². The Balaban J connectivity index is 1.94. The Bertz CT molecular complexity index is 1150. The molecule has 0 amide bonds. The van der Waals surface area contributed by atoms with Crippen LogP contribution in [0.4, 0.5) is 0 Å². The molecule has 0 saturated heterocycles. The van der Waals surface area contributed by atoms with E-state index in [0.717, 1.165) is 17.4 Å². The zero-order chi connectivity index (χ0) is 21.1. The molecule has 0 heterocycles. The summed E-state index contributed by atoms with van der Waals surface area (Å²) < 4.78 is 52.3. The molecular weight excluding hydrogens is 406 g/mol. The van der Waals surface area contributed by atoms with E-state index in [1.807, 2.05) is 60.7 Å². The first kappa shape index (κ1) is 21.2. The van der Waals surface area contributed by atoms with Gasteiger partial charge in [0.1, 0.15) is 0 Å². The Kier molecular flexibility index (Phi) is 6.21. The Morgan fingerprint density at radius 3 is 1.79 bits per heavy atom. The molecule has 0 spiro atoms. The normalized spacial score (nSPS) is 12.2. The topological polar surface area (TPSA) is 80.3 Å². The van der Waals surface area contributed by atoms with Crippen LogP contribution in [0.5, 0.6) is 0 Å². The van der Waals surface area contributed by atoms with Gasteiger partial charge in [0.2, 0.25) is 10.0 Å². The Hall–Kier alpha value is -2.48. The highest BCUT2D eigenvalue weighted by Crippen LogP contribution is 2.25. The third kappa shape index (κ3) is 5.12. The van der Waals surface area contributed by atoms with Crippen LogP contribution in [0.2, 0.25) is 0 Å². The maximum Gasteiger partial charge on any atom is 0.240 e. The molecule has 0 aliphatic rings. The minimum Gasteiger partial charge on any atom is -0.224 e. The van der Waals surface area contributed by atoms with Crippen molar-refractivity contribution in [3.05, 3.63) is 95.6 Å². The molecule has 0 bridgehead atoms. The maximum absolute atomic E-state index is 13.0. The van der Waals surface area contributed by atoms with Crippen LogP contribution in [0, 0.1) is 6.92 Å². The number of aryl methyl sites for hydroxylation is 1. The second-order valence-electron chi connectivity index (χ2n) is 6.93. The fourth-order valence-corrected chi connectivity index (χ4v) is 5.21. The van der Waals surface area contributed by atoms with Gasteiger partial charge in [-0.2, -0.15) is 0 Å². The lowest BCUT2D eigenvalue weighted by Crippen LogP contribution is -2.29. The monoisotopic (exact) mass is 429 g/mol. The average Bonchev–Trinajstić information content (AvgIpc) is 2.69. The van der Waals surface area contributed by atoms with Crippen LogP contribution in [0.3, 0.4) is 0 Å². The zero-order valence-electron chi connectivity index (χ0n) is 16.2. The molecule has 5 nitrogen and oxygen atoms in total. The SMILES string of the molecule is Cc1ccc(S(C)(=O)=O)cc1S(=O)(=O)NCC(c1ccccc1)c1ccccc1. The number of sulfonamides is 1. The van der Waals surface area contributed by atoms with E-state index >= 15 is 0 Å². The van der Waals surface area contributed by atoms with E-state index in [4.69, 9.17) is 0 Å². The van der Waals surface area contributed by atoms with Gasteiger partial charge in [-0.15, -0.1) is 0 Å². The smallest absolute Gasteiger partial charge is 0.224 e. The van der Waals surface area contributed by atoms with Gasteiger partial charge in [-0.3, -0.25) is 0 Å². The standard InChI is InChI=1S/C22H23NO4S2/c1-17-13-14-20(28(2,24)25)15-22(17)29(26,27)23-16-21(18-9-5-3-6-10-18)19-11-7-4-8-12-19/h3-15,21,23H,16H2,1-2H3. The lowest BCUT2D eigenvalue weighted by atomic mass is 9.92. The maximum atomic E-state index is 13.0. The summed E-state index contributed by atoms with van der Waals surface area (Å²) in [5.74, 6) is -0.175. The van der Waals surface area contributed by atoms with Gasteiger partial charge in [-0.1, -0.05) is 66.7 Å². The van der Waals surface area contributed by atoms with Gasteiger partial charge in [0.05, 0.1) is 9.79 Å². The van der Waals surface area contributed by atoms with Crippen molar-refractivity contribution in [3.8, 4) is 0 Å². The Labute approximate surface area is 172 Å². The van der Waals surface area contributed by atoms with Gasteiger partial charge < -0.3 is 0 Å². The molecule has 29 heavy (non-hydrogen) atoms. The molecule has 0 fully saturated rings. The van der Waals surface area contributed by atoms with E-state index in [-0.39, 0.29) is 22.3 Å². The minimum atomic E-state index is -3.90. The summed E-state index contributed by atoms with van der Waals surface area (Å²) in [6.45, 7) is 1.80. The number of nitrogens with one attached hydrogen (secondary N) is 1. The first-order valence-corrected chi connectivity index (χ1v) is 12.5. The number of benzene rings is 3. The third-order valence-corrected chi connectivity index (χ3v) is 7.43. The van der Waals surface area contributed by atoms with Crippen LogP contribution in [0.15, 0.2) is 88.7 Å². The zero-order valence-corrected chi connectivity index (χ0v) is 17.9. The van der Waals surface area contributed by atoms with Crippen molar-refractivity contribution in [2.24, 2.45) is 0 Å². The number of rotatable bonds is 7. The first-order valence-electron chi connectivity index (χ1n) is 9.09. The van der Waals surface area contributed by atoms with Gasteiger partial charge in [0.15, 0.2) is 9.84 Å². The second-order valence-corrected chi connectivity index (χ2v) is 10.7. The molecule has 3 aromatic carbocycles. The van der Waals surface area contributed by atoms with E-state index in [2.05, 4.69) is 4.72 Å². The predicted molar refractivity (Wildman–Crippen MR) is 114 cm³/mol. The fraction of sp³-hybridized carbons (Fsp3) is 0.182. The molecule has 0 atom stereocenters. The third-order valence-electron chi connectivity index (χ3n) is 4.76. The van der Waals surface area contributed by atoms with Crippen molar-refractivity contribution in [1.29, 1.82) is 0 Å².